The lowest BCUT2D eigenvalue weighted by molar-refractivity contribution is -0.382. The molecule has 0 radical (unpaired) electrons. The fraction of sp³-hybridized carbons (Fsp3) is 0. The van der Waals surface area contributed by atoms with Gasteiger partial charge >= 0.3 is 0 Å². The maximum absolute atomic E-state index is 13.0. The molecule has 0 aliphatic carbocycles. The smallest absolute Gasteiger partial charge is 0.258 e. The van der Waals surface area contributed by atoms with E-state index >= 15 is 0 Å². The zero-order valence-corrected chi connectivity index (χ0v) is 9.06. The van der Waals surface area contributed by atoms with E-state index in [9.17, 15) is 14.5 Å². The van der Waals surface area contributed by atoms with Crippen molar-refractivity contribution in [2.75, 3.05) is 0 Å². The van der Waals surface area contributed by atoms with Crippen LogP contribution >= 0.6 is 27.3 Å². The van der Waals surface area contributed by atoms with Crippen LogP contribution in [-0.2, 0) is 0 Å². The van der Waals surface area contributed by atoms with Gasteiger partial charge in [-0.2, -0.15) is 0 Å². The summed E-state index contributed by atoms with van der Waals surface area (Å²) in [6.45, 7) is 0. The van der Waals surface area contributed by atoms with E-state index in [1.54, 1.807) is 0 Å². The lowest BCUT2D eigenvalue weighted by Crippen LogP contribution is -1.85. The van der Waals surface area contributed by atoms with Crippen molar-refractivity contribution in [1.29, 1.82) is 0 Å². The van der Waals surface area contributed by atoms with E-state index in [1.165, 1.54) is 28.8 Å². The first-order valence-electron chi connectivity index (χ1n) is 3.60. The molecule has 0 amide bonds. The number of nitro groups is 1. The van der Waals surface area contributed by atoms with Gasteiger partial charge in [-0.25, -0.2) is 4.39 Å². The quantitative estimate of drug-likeness (QED) is 0.588. The molecule has 1 heterocycles. The second-order valence-electron chi connectivity index (χ2n) is 2.64. The summed E-state index contributed by atoms with van der Waals surface area (Å²) in [6.07, 6.45) is 0. The SMILES string of the molecule is O=[N+]([O-])c1csc2c(Br)cc(F)cc12. The highest BCUT2D eigenvalue weighted by molar-refractivity contribution is 9.10. The maximum atomic E-state index is 13.0. The Bertz CT molecular complexity index is 525. The van der Waals surface area contributed by atoms with Gasteiger partial charge in [0.05, 0.1) is 20.4 Å². The predicted molar refractivity (Wildman–Crippen MR) is 56.1 cm³/mol. The first-order chi connectivity index (χ1) is 6.59. The number of thiophene rings is 1. The Morgan fingerprint density at radius 3 is 2.86 bits per heavy atom. The van der Waals surface area contributed by atoms with E-state index in [-0.39, 0.29) is 5.69 Å². The largest absolute Gasteiger partial charge is 0.287 e. The van der Waals surface area contributed by atoms with Gasteiger partial charge in [0.25, 0.3) is 5.69 Å². The highest BCUT2D eigenvalue weighted by Crippen LogP contribution is 2.37. The highest BCUT2D eigenvalue weighted by Gasteiger charge is 2.16. The molecule has 14 heavy (non-hydrogen) atoms. The van der Waals surface area contributed by atoms with Crippen molar-refractivity contribution in [3.63, 3.8) is 0 Å². The number of nitrogens with zero attached hydrogens (tertiary/aromatic N) is 1. The molecule has 0 aliphatic rings. The number of rotatable bonds is 1. The predicted octanol–water partition coefficient (Wildman–Crippen LogP) is 3.71. The number of hydrogen-bond donors (Lipinski definition) is 0. The summed E-state index contributed by atoms with van der Waals surface area (Å²) in [5, 5.41) is 12.3. The molecular weight excluding hydrogens is 273 g/mol. The normalized spacial score (nSPS) is 10.7. The summed E-state index contributed by atoms with van der Waals surface area (Å²) in [4.78, 5) is 10.1. The topological polar surface area (TPSA) is 43.1 Å². The average molecular weight is 276 g/mol. The number of hydrogen-bond acceptors (Lipinski definition) is 3. The molecule has 72 valence electrons. The van der Waals surface area contributed by atoms with Crippen molar-refractivity contribution in [1.82, 2.24) is 0 Å². The van der Waals surface area contributed by atoms with Crippen LogP contribution in [0, 0.1) is 15.9 Å². The van der Waals surface area contributed by atoms with Gasteiger partial charge < -0.3 is 0 Å². The summed E-state index contributed by atoms with van der Waals surface area (Å²) in [5.41, 5.74) is -0.0507. The number of benzene rings is 1. The van der Waals surface area contributed by atoms with Crippen molar-refractivity contribution >= 4 is 43.0 Å². The van der Waals surface area contributed by atoms with Gasteiger partial charge in [-0.15, -0.1) is 11.3 Å². The van der Waals surface area contributed by atoms with Gasteiger partial charge in [0.1, 0.15) is 5.82 Å². The molecule has 1 aromatic carbocycles. The maximum Gasteiger partial charge on any atom is 0.287 e. The molecule has 0 bridgehead atoms. The van der Waals surface area contributed by atoms with Crippen molar-refractivity contribution < 1.29 is 9.31 Å². The fourth-order valence-electron chi connectivity index (χ4n) is 1.19. The summed E-state index contributed by atoms with van der Waals surface area (Å²) < 4.78 is 14.2. The summed E-state index contributed by atoms with van der Waals surface area (Å²) in [5.74, 6) is -0.481. The zero-order chi connectivity index (χ0) is 10.3. The molecule has 2 aromatic rings. The number of halogens is 2. The Balaban J connectivity index is 2.85. The monoisotopic (exact) mass is 275 g/mol. The molecular formula is C8H3BrFNO2S. The van der Waals surface area contributed by atoms with Crippen LogP contribution in [-0.4, -0.2) is 4.92 Å². The van der Waals surface area contributed by atoms with Crippen molar-refractivity contribution in [2.45, 2.75) is 0 Å². The van der Waals surface area contributed by atoms with E-state index in [0.29, 0.717) is 14.6 Å². The molecule has 0 saturated heterocycles. The molecule has 3 nitrogen and oxygen atoms in total. The van der Waals surface area contributed by atoms with Crippen LogP contribution in [0.4, 0.5) is 10.1 Å². The molecule has 0 aliphatic heterocycles. The van der Waals surface area contributed by atoms with Crippen LogP contribution in [0.25, 0.3) is 10.1 Å². The second-order valence-corrected chi connectivity index (χ2v) is 4.38. The molecule has 0 saturated carbocycles. The van der Waals surface area contributed by atoms with Gasteiger partial charge in [-0.1, -0.05) is 0 Å². The Morgan fingerprint density at radius 2 is 2.21 bits per heavy atom. The van der Waals surface area contributed by atoms with Gasteiger partial charge in [0.15, 0.2) is 0 Å². The van der Waals surface area contributed by atoms with E-state index in [2.05, 4.69) is 15.9 Å². The molecule has 0 unspecified atom stereocenters. The molecule has 1 aromatic heterocycles. The molecule has 0 atom stereocenters. The van der Waals surface area contributed by atoms with Gasteiger partial charge in [-0.05, 0) is 28.1 Å². The van der Waals surface area contributed by atoms with Crippen LogP contribution in [0.15, 0.2) is 22.0 Å². The second kappa shape index (κ2) is 3.29. The van der Waals surface area contributed by atoms with Crippen molar-refractivity contribution in [3.05, 3.63) is 37.9 Å². The Kier molecular flexibility index (Phi) is 2.24. The Hall–Kier alpha value is -1.01. The Morgan fingerprint density at radius 1 is 1.50 bits per heavy atom. The zero-order valence-electron chi connectivity index (χ0n) is 6.66. The highest BCUT2D eigenvalue weighted by atomic mass is 79.9. The van der Waals surface area contributed by atoms with E-state index in [0.717, 1.165) is 0 Å². The van der Waals surface area contributed by atoms with E-state index < -0.39 is 10.7 Å². The molecule has 0 spiro atoms. The van der Waals surface area contributed by atoms with E-state index in [4.69, 9.17) is 0 Å². The molecule has 0 fully saturated rings. The van der Waals surface area contributed by atoms with Crippen LogP contribution in [0.3, 0.4) is 0 Å². The minimum atomic E-state index is -0.509. The summed E-state index contributed by atoms with van der Waals surface area (Å²) >= 11 is 4.38. The molecule has 6 heteroatoms. The van der Waals surface area contributed by atoms with E-state index in [1.807, 2.05) is 0 Å². The third kappa shape index (κ3) is 1.40. The van der Waals surface area contributed by atoms with Crippen LogP contribution in [0.1, 0.15) is 0 Å². The van der Waals surface area contributed by atoms with Crippen molar-refractivity contribution in [2.24, 2.45) is 0 Å². The lowest BCUT2D eigenvalue weighted by Gasteiger charge is -1.94. The van der Waals surface area contributed by atoms with Gasteiger partial charge in [0.2, 0.25) is 0 Å². The first kappa shape index (κ1) is 9.54. The molecule has 0 N–H and O–H groups in total. The fourth-order valence-corrected chi connectivity index (χ4v) is 2.81. The van der Waals surface area contributed by atoms with Crippen LogP contribution < -0.4 is 0 Å². The average Bonchev–Trinajstić information content (AvgIpc) is 2.47. The summed E-state index contributed by atoms with van der Waals surface area (Å²) in [6, 6.07) is 2.47. The standard InChI is InChI=1S/C8H3BrFNO2S/c9-6-2-4(10)1-5-7(11(12)13)3-14-8(5)6/h1-3H. The molecule has 2 rings (SSSR count). The number of fused-ring (bicyclic) bond motifs is 1. The first-order valence-corrected chi connectivity index (χ1v) is 5.27. The van der Waals surface area contributed by atoms with Crippen molar-refractivity contribution in [3.8, 4) is 0 Å². The third-order valence-electron chi connectivity index (χ3n) is 1.77. The van der Waals surface area contributed by atoms with Gasteiger partial charge in [0, 0.05) is 4.47 Å². The van der Waals surface area contributed by atoms with Crippen LogP contribution in [0.5, 0.6) is 0 Å². The van der Waals surface area contributed by atoms with Crippen LogP contribution in [0.2, 0.25) is 0 Å². The minimum Gasteiger partial charge on any atom is -0.258 e. The lowest BCUT2D eigenvalue weighted by atomic mass is 10.2. The summed E-state index contributed by atoms with van der Waals surface area (Å²) in [7, 11) is 0. The Labute approximate surface area is 90.4 Å². The minimum absolute atomic E-state index is 0.0507. The third-order valence-corrected chi connectivity index (χ3v) is 3.67. The van der Waals surface area contributed by atoms with Gasteiger partial charge in [-0.3, -0.25) is 10.1 Å².